The Labute approximate surface area is 118 Å². The molecule has 0 aliphatic heterocycles. The molecule has 3 nitrogen and oxygen atoms in total. The summed E-state index contributed by atoms with van der Waals surface area (Å²) in [7, 11) is 0. The van der Waals surface area contributed by atoms with Crippen molar-refractivity contribution >= 4 is 0 Å². The van der Waals surface area contributed by atoms with Crippen LogP contribution in [0.1, 0.15) is 51.7 Å². The van der Waals surface area contributed by atoms with E-state index < -0.39 is 0 Å². The molecular weight excluding hydrogens is 236 g/mol. The van der Waals surface area contributed by atoms with Gasteiger partial charge in [-0.15, -0.1) is 0 Å². The van der Waals surface area contributed by atoms with E-state index in [0.29, 0.717) is 12.0 Å². The molecule has 0 bridgehead atoms. The molecule has 0 spiro atoms. The van der Waals surface area contributed by atoms with Crippen LogP contribution < -0.4 is 5.32 Å². The third-order valence-corrected chi connectivity index (χ3v) is 3.41. The van der Waals surface area contributed by atoms with Gasteiger partial charge >= 0.3 is 0 Å². The van der Waals surface area contributed by atoms with E-state index in [0.717, 1.165) is 37.7 Å². The fourth-order valence-corrected chi connectivity index (χ4v) is 2.18. The van der Waals surface area contributed by atoms with E-state index in [9.17, 15) is 0 Å². The average molecular weight is 266 g/mol. The quantitative estimate of drug-likeness (QED) is 0.780. The topological polar surface area (TPSA) is 28.4 Å². The van der Waals surface area contributed by atoms with Crippen LogP contribution >= 0.6 is 0 Å². The summed E-state index contributed by atoms with van der Waals surface area (Å²) < 4.78 is 5.97. The molecule has 0 fully saturated rings. The standard InChI is InChI=1S/C16H30N2O/c1-7-18(13(4)5)11-15-8-14(6)16(19-15)10-17-9-12(2)3/h8,12-13,17H,7,9-11H2,1-6H3. The van der Waals surface area contributed by atoms with Gasteiger partial charge in [0, 0.05) is 6.04 Å². The van der Waals surface area contributed by atoms with E-state index in [1.165, 1.54) is 5.56 Å². The predicted molar refractivity (Wildman–Crippen MR) is 81.2 cm³/mol. The van der Waals surface area contributed by atoms with Crippen LogP contribution in [0.2, 0.25) is 0 Å². The molecule has 0 atom stereocenters. The fourth-order valence-electron chi connectivity index (χ4n) is 2.18. The summed E-state index contributed by atoms with van der Waals surface area (Å²) in [6, 6.07) is 2.73. The summed E-state index contributed by atoms with van der Waals surface area (Å²) in [6.07, 6.45) is 0. The van der Waals surface area contributed by atoms with Crippen LogP contribution in [0.3, 0.4) is 0 Å². The molecule has 0 aromatic carbocycles. The number of rotatable bonds is 8. The van der Waals surface area contributed by atoms with Gasteiger partial charge in [0.05, 0.1) is 13.1 Å². The molecule has 1 aromatic heterocycles. The van der Waals surface area contributed by atoms with Crippen LogP contribution in [0.15, 0.2) is 10.5 Å². The van der Waals surface area contributed by atoms with E-state index in [1.54, 1.807) is 0 Å². The second-order valence-corrected chi connectivity index (χ2v) is 6.00. The van der Waals surface area contributed by atoms with Crippen molar-refractivity contribution in [1.29, 1.82) is 0 Å². The van der Waals surface area contributed by atoms with Crippen LogP contribution in [0.4, 0.5) is 0 Å². The highest BCUT2D eigenvalue weighted by Gasteiger charge is 2.13. The van der Waals surface area contributed by atoms with Crippen LogP contribution in [-0.4, -0.2) is 24.0 Å². The van der Waals surface area contributed by atoms with E-state index in [2.05, 4.69) is 57.8 Å². The summed E-state index contributed by atoms with van der Waals surface area (Å²) in [5.74, 6) is 2.83. The van der Waals surface area contributed by atoms with Crippen molar-refractivity contribution in [3.8, 4) is 0 Å². The van der Waals surface area contributed by atoms with Gasteiger partial charge in [-0.3, -0.25) is 4.90 Å². The van der Waals surface area contributed by atoms with Gasteiger partial charge in [-0.2, -0.15) is 0 Å². The molecule has 0 aliphatic carbocycles. The maximum Gasteiger partial charge on any atom is 0.120 e. The fraction of sp³-hybridized carbons (Fsp3) is 0.750. The van der Waals surface area contributed by atoms with Crippen molar-refractivity contribution in [2.45, 2.75) is 60.7 Å². The molecular formula is C16H30N2O. The molecule has 0 amide bonds. The smallest absolute Gasteiger partial charge is 0.120 e. The number of nitrogens with one attached hydrogen (secondary N) is 1. The summed E-state index contributed by atoms with van der Waals surface area (Å²) in [5.41, 5.74) is 1.26. The Balaban J connectivity index is 2.58. The minimum atomic E-state index is 0.554. The van der Waals surface area contributed by atoms with E-state index in [1.807, 2.05) is 0 Å². The summed E-state index contributed by atoms with van der Waals surface area (Å²) in [5, 5.41) is 3.44. The Morgan fingerprint density at radius 1 is 1.26 bits per heavy atom. The number of hydrogen-bond donors (Lipinski definition) is 1. The molecule has 1 heterocycles. The third-order valence-electron chi connectivity index (χ3n) is 3.41. The SMILES string of the molecule is CCN(Cc1cc(C)c(CNCC(C)C)o1)C(C)C. The first kappa shape index (κ1) is 16.3. The van der Waals surface area contributed by atoms with Gasteiger partial charge in [0.1, 0.15) is 11.5 Å². The maximum absolute atomic E-state index is 5.97. The predicted octanol–water partition coefficient (Wildman–Crippen LogP) is 3.56. The summed E-state index contributed by atoms with van der Waals surface area (Å²) in [4.78, 5) is 2.41. The van der Waals surface area contributed by atoms with Gasteiger partial charge in [0.15, 0.2) is 0 Å². The zero-order valence-electron chi connectivity index (χ0n) is 13.4. The number of furan rings is 1. The highest BCUT2D eigenvalue weighted by Crippen LogP contribution is 2.17. The summed E-state index contributed by atoms with van der Waals surface area (Å²) >= 11 is 0. The molecule has 3 heteroatoms. The van der Waals surface area contributed by atoms with Crippen molar-refractivity contribution in [2.24, 2.45) is 5.92 Å². The van der Waals surface area contributed by atoms with Crippen LogP contribution in [0, 0.1) is 12.8 Å². The molecule has 110 valence electrons. The normalized spacial score (nSPS) is 12.1. The first-order valence-electron chi connectivity index (χ1n) is 7.47. The molecule has 0 aliphatic rings. The van der Waals surface area contributed by atoms with Gasteiger partial charge in [-0.05, 0) is 51.4 Å². The van der Waals surface area contributed by atoms with E-state index in [-0.39, 0.29) is 0 Å². The lowest BCUT2D eigenvalue weighted by molar-refractivity contribution is 0.205. The van der Waals surface area contributed by atoms with Gasteiger partial charge in [0.25, 0.3) is 0 Å². The zero-order chi connectivity index (χ0) is 14.4. The Morgan fingerprint density at radius 3 is 2.47 bits per heavy atom. The number of hydrogen-bond acceptors (Lipinski definition) is 3. The van der Waals surface area contributed by atoms with Crippen molar-refractivity contribution in [1.82, 2.24) is 10.2 Å². The number of nitrogens with zero attached hydrogens (tertiary/aromatic N) is 1. The van der Waals surface area contributed by atoms with Crippen molar-refractivity contribution in [3.05, 3.63) is 23.2 Å². The Morgan fingerprint density at radius 2 is 1.95 bits per heavy atom. The first-order chi connectivity index (χ1) is 8.93. The molecule has 0 radical (unpaired) electrons. The molecule has 0 saturated carbocycles. The lowest BCUT2D eigenvalue weighted by Gasteiger charge is -2.23. The van der Waals surface area contributed by atoms with E-state index >= 15 is 0 Å². The van der Waals surface area contributed by atoms with Gasteiger partial charge in [0.2, 0.25) is 0 Å². The van der Waals surface area contributed by atoms with Gasteiger partial charge in [-0.1, -0.05) is 20.8 Å². The highest BCUT2D eigenvalue weighted by molar-refractivity contribution is 5.20. The Bertz CT molecular complexity index is 369. The molecule has 0 unspecified atom stereocenters. The first-order valence-corrected chi connectivity index (χ1v) is 7.47. The Hall–Kier alpha value is -0.800. The molecule has 1 N–H and O–H groups in total. The Kier molecular flexibility index (Phi) is 6.59. The molecule has 1 aromatic rings. The van der Waals surface area contributed by atoms with Crippen LogP contribution in [-0.2, 0) is 13.1 Å². The second-order valence-electron chi connectivity index (χ2n) is 6.00. The second kappa shape index (κ2) is 7.71. The average Bonchev–Trinajstić information content (AvgIpc) is 2.66. The maximum atomic E-state index is 5.97. The van der Waals surface area contributed by atoms with Crippen molar-refractivity contribution in [2.75, 3.05) is 13.1 Å². The highest BCUT2D eigenvalue weighted by atomic mass is 16.3. The van der Waals surface area contributed by atoms with Crippen molar-refractivity contribution < 1.29 is 4.42 Å². The van der Waals surface area contributed by atoms with Crippen LogP contribution in [0.5, 0.6) is 0 Å². The number of aryl methyl sites for hydroxylation is 1. The lowest BCUT2D eigenvalue weighted by Crippen LogP contribution is -2.29. The van der Waals surface area contributed by atoms with Gasteiger partial charge < -0.3 is 9.73 Å². The molecule has 1 rings (SSSR count). The minimum absolute atomic E-state index is 0.554. The van der Waals surface area contributed by atoms with Gasteiger partial charge in [-0.25, -0.2) is 0 Å². The van der Waals surface area contributed by atoms with E-state index in [4.69, 9.17) is 4.42 Å². The zero-order valence-corrected chi connectivity index (χ0v) is 13.4. The molecule has 0 saturated heterocycles. The summed E-state index contributed by atoms with van der Waals surface area (Å²) in [6.45, 7) is 17.0. The molecule has 19 heavy (non-hydrogen) atoms. The van der Waals surface area contributed by atoms with Crippen LogP contribution in [0.25, 0.3) is 0 Å². The minimum Gasteiger partial charge on any atom is -0.463 e. The van der Waals surface area contributed by atoms with Crippen molar-refractivity contribution in [3.63, 3.8) is 0 Å². The lowest BCUT2D eigenvalue weighted by atomic mass is 10.2. The largest absolute Gasteiger partial charge is 0.463 e. The monoisotopic (exact) mass is 266 g/mol. The third kappa shape index (κ3) is 5.37.